The Kier molecular flexibility index (Phi) is 2.05. The van der Waals surface area contributed by atoms with Crippen molar-refractivity contribution >= 4 is 15.9 Å². The predicted molar refractivity (Wildman–Crippen MR) is 58.8 cm³/mol. The topological polar surface area (TPSA) is 43.6 Å². The van der Waals surface area contributed by atoms with Crippen molar-refractivity contribution in [3.63, 3.8) is 0 Å². The summed E-state index contributed by atoms with van der Waals surface area (Å²) in [7, 11) is 0. The highest BCUT2D eigenvalue weighted by Crippen LogP contribution is 2.39. The fourth-order valence-corrected chi connectivity index (χ4v) is 2.04. The zero-order valence-electron chi connectivity index (χ0n) is 7.97. The smallest absolute Gasteiger partial charge is 0.159 e. The number of hydrogen-bond donors (Lipinski definition) is 0. The molecule has 1 saturated carbocycles. The molecule has 1 aliphatic rings. The van der Waals surface area contributed by atoms with Crippen molar-refractivity contribution in [3.8, 4) is 5.69 Å². The van der Waals surface area contributed by atoms with Gasteiger partial charge in [0, 0.05) is 10.4 Å². The van der Waals surface area contributed by atoms with Gasteiger partial charge in [0.25, 0.3) is 0 Å². The summed E-state index contributed by atoms with van der Waals surface area (Å²) >= 11 is 3.50. The van der Waals surface area contributed by atoms with E-state index in [1.165, 1.54) is 12.8 Å². The van der Waals surface area contributed by atoms with E-state index in [4.69, 9.17) is 0 Å². The van der Waals surface area contributed by atoms with Gasteiger partial charge in [-0.05, 0) is 51.3 Å². The second-order valence-electron chi connectivity index (χ2n) is 3.67. The molecule has 3 rings (SSSR count). The van der Waals surface area contributed by atoms with Crippen LogP contribution < -0.4 is 0 Å². The van der Waals surface area contributed by atoms with Gasteiger partial charge in [-0.15, -0.1) is 5.10 Å². The third kappa shape index (κ3) is 1.56. The first kappa shape index (κ1) is 9.03. The number of tetrazole rings is 1. The van der Waals surface area contributed by atoms with Gasteiger partial charge in [-0.2, -0.15) is 4.68 Å². The molecule has 1 aromatic heterocycles. The van der Waals surface area contributed by atoms with Crippen LogP contribution in [0.15, 0.2) is 28.7 Å². The number of para-hydroxylation sites is 1. The maximum absolute atomic E-state index is 4.08. The highest BCUT2D eigenvalue weighted by atomic mass is 79.9. The molecule has 5 heteroatoms. The average molecular weight is 265 g/mol. The minimum atomic E-state index is 0.548. The lowest BCUT2D eigenvalue weighted by Crippen LogP contribution is -2.02. The van der Waals surface area contributed by atoms with Gasteiger partial charge in [0.05, 0.1) is 5.69 Å². The number of rotatable bonds is 2. The number of benzene rings is 1. The number of aromatic nitrogens is 4. The molecule has 0 bridgehead atoms. The van der Waals surface area contributed by atoms with Gasteiger partial charge in [0.15, 0.2) is 5.82 Å². The van der Waals surface area contributed by atoms with E-state index in [2.05, 4.69) is 31.5 Å². The molecule has 0 unspecified atom stereocenters. The van der Waals surface area contributed by atoms with Crippen LogP contribution in [0.5, 0.6) is 0 Å². The summed E-state index contributed by atoms with van der Waals surface area (Å²) in [4.78, 5) is 0. The van der Waals surface area contributed by atoms with Crippen molar-refractivity contribution < 1.29 is 0 Å². The summed E-state index contributed by atoms with van der Waals surface area (Å²) in [5.41, 5.74) is 1.00. The van der Waals surface area contributed by atoms with E-state index in [1.807, 2.05) is 28.9 Å². The molecule has 0 aliphatic heterocycles. The van der Waals surface area contributed by atoms with Gasteiger partial charge >= 0.3 is 0 Å². The summed E-state index contributed by atoms with van der Waals surface area (Å²) in [5, 5.41) is 11.9. The van der Waals surface area contributed by atoms with Crippen LogP contribution in [0.1, 0.15) is 24.6 Å². The molecule has 0 radical (unpaired) electrons. The third-order valence-corrected chi connectivity index (χ3v) is 3.19. The number of hydrogen-bond acceptors (Lipinski definition) is 3. The van der Waals surface area contributed by atoms with Crippen LogP contribution in [0.4, 0.5) is 0 Å². The largest absolute Gasteiger partial charge is 0.196 e. The van der Waals surface area contributed by atoms with Crippen molar-refractivity contribution in [1.82, 2.24) is 20.2 Å². The maximum atomic E-state index is 4.08. The molecule has 0 spiro atoms. The van der Waals surface area contributed by atoms with Gasteiger partial charge in [0.2, 0.25) is 0 Å². The lowest BCUT2D eigenvalue weighted by Gasteiger charge is -2.04. The molecule has 1 aliphatic carbocycles. The van der Waals surface area contributed by atoms with Crippen molar-refractivity contribution in [2.24, 2.45) is 0 Å². The SMILES string of the molecule is Brc1ccccc1-n1nnnc1C1CC1. The van der Waals surface area contributed by atoms with Crippen LogP contribution in [0, 0.1) is 0 Å². The molecular weight excluding hydrogens is 256 g/mol. The second kappa shape index (κ2) is 3.41. The summed E-state index contributed by atoms with van der Waals surface area (Å²) < 4.78 is 2.83. The van der Waals surface area contributed by atoms with Crippen LogP contribution in [0.25, 0.3) is 5.69 Å². The fraction of sp³-hybridized carbons (Fsp3) is 0.300. The Morgan fingerprint density at radius 3 is 2.80 bits per heavy atom. The molecule has 0 saturated heterocycles. The first-order chi connectivity index (χ1) is 7.36. The van der Waals surface area contributed by atoms with E-state index in [-0.39, 0.29) is 0 Å². The van der Waals surface area contributed by atoms with E-state index in [9.17, 15) is 0 Å². The summed E-state index contributed by atoms with van der Waals surface area (Å²) in [6.07, 6.45) is 2.40. The molecular formula is C10H9BrN4. The maximum Gasteiger partial charge on any atom is 0.159 e. The molecule has 2 aromatic rings. The average Bonchev–Trinajstić information content (AvgIpc) is 2.98. The highest BCUT2D eigenvalue weighted by Gasteiger charge is 2.30. The van der Waals surface area contributed by atoms with Gasteiger partial charge in [-0.3, -0.25) is 0 Å². The van der Waals surface area contributed by atoms with Crippen LogP contribution in [0.3, 0.4) is 0 Å². The molecule has 15 heavy (non-hydrogen) atoms. The summed E-state index contributed by atoms with van der Waals surface area (Å²) in [5.74, 6) is 1.52. The summed E-state index contributed by atoms with van der Waals surface area (Å²) in [6, 6.07) is 7.97. The fourth-order valence-electron chi connectivity index (χ4n) is 1.59. The quantitative estimate of drug-likeness (QED) is 0.836. The molecule has 0 amide bonds. The lowest BCUT2D eigenvalue weighted by molar-refractivity contribution is 0.761. The first-order valence-corrected chi connectivity index (χ1v) is 5.69. The van der Waals surface area contributed by atoms with E-state index >= 15 is 0 Å². The molecule has 0 N–H and O–H groups in total. The van der Waals surface area contributed by atoms with Crippen molar-refractivity contribution in [1.29, 1.82) is 0 Å². The standard InChI is InChI=1S/C10H9BrN4/c11-8-3-1-2-4-9(8)15-10(7-5-6-7)12-13-14-15/h1-4,7H,5-6H2. The molecule has 76 valence electrons. The lowest BCUT2D eigenvalue weighted by atomic mass is 10.3. The predicted octanol–water partition coefficient (Wildman–Crippen LogP) is 2.30. The Bertz CT molecular complexity index is 490. The minimum Gasteiger partial charge on any atom is -0.196 e. The third-order valence-electron chi connectivity index (χ3n) is 2.52. The molecule has 1 heterocycles. The Balaban J connectivity index is 2.12. The highest BCUT2D eigenvalue weighted by molar-refractivity contribution is 9.10. The Hall–Kier alpha value is -1.23. The van der Waals surface area contributed by atoms with Gasteiger partial charge < -0.3 is 0 Å². The zero-order chi connectivity index (χ0) is 10.3. The first-order valence-electron chi connectivity index (χ1n) is 4.89. The van der Waals surface area contributed by atoms with Crippen LogP contribution in [-0.4, -0.2) is 20.2 Å². The monoisotopic (exact) mass is 264 g/mol. The van der Waals surface area contributed by atoms with Crippen molar-refractivity contribution in [2.75, 3.05) is 0 Å². The van der Waals surface area contributed by atoms with E-state index in [0.717, 1.165) is 16.0 Å². The summed E-state index contributed by atoms with van der Waals surface area (Å²) in [6.45, 7) is 0. The number of nitrogens with zero attached hydrogens (tertiary/aromatic N) is 4. The van der Waals surface area contributed by atoms with E-state index in [1.54, 1.807) is 0 Å². The van der Waals surface area contributed by atoms with Gasteiger partial charge in [-0.25, -0.2) is 0 Å². The molecule has 0 atom stereocenters. The van der Waals surface area contributed by atoms with Crippen LogP contribution in [0.2, 0.25) is 0 Å². The van der Waals surface area contributed by atoms with Crippen LogP contribution in [-0.2, 0) is 0 Å². The Labute approximate surface area is 95.4 Å². The van der Waals surface area contributed by atoms with Crippen molar-refractivity contribution in [2.45, 2.75) is 18.8 Å². The van der Waals surface area contributed by atoms with E-state index in [0.29, 0.717) is 5.92 Å². The van der Waals surface area contributed by atoms with Crippen molar-refractivity contribution in [3.05, 3.63) is 34.6 Å². The molecule has 4 nitrogen and oxygen atoms in total. The Morgan fingerprint density at radius 2 is 2.07 bits per heavy atom. The van der Waals surface area contributed by atoms with Gasteiger partial charge in [0.1, 0.15) is 0 Å². The second-order valence-corrected chi connectivity index (χ2v) is 4.53. The van der Waals surface area contributed by atoms with Gasteiger partial charge in [-0.1, -0.05) is 12.1 Å². The molecule has 1 fully saturated rings. The zero-order valence-corrected chi connectivity index (χ0v) is 9.55. The minimum absolute atomic E-state index is 0.548. The van der Waals surface area contributed by atoms with E-state index < -0.39 is 0 Å². The van der Waals surface area contributed by atoms with Crippen LogP contribution >= 0.6 is 15.9 Å². The molecule has 1 aromatic carbocycles. The Morgan fingerprint density at radius 1 is 1.27 bits per heavy atom. The normalized spacial score (nSPS) is 15.5. The number of halogens is 1.